The van der Waals surface area contributed by atoms with Crippen molar-refractivity contribution in [2.45, 2.75) is 6.42 Å². The second-order valence-corrected chi connectivity index (χ2v) is 7.20. The van der Waals surface area contributed by atoms with Gasteiger partial charge in [-0.05, 0) is 30.3 Å². The summed E-state index contributed by atoms with van der Waals surface area (Å²) in [5.41, 5.74) is 0.271. The van der Waals surface area contributed by atoms with Gasteiger partial charge in [0.2, 0.25) is 5.13 Å². The topological polar surface area (TPSA) is 92.3 Å². The van der Waals surface area contributed by atoms with Crippen molar-refractivity contribution in [2.24, 2.45) is 0 Å². The Labute approximate surface area is 167 Å². The van der Waals surface area contributed by atoms with Crippen LogP contribution in [0.5, 0.6) is 0 Å². The number of anilines is 1. The van der Waals surface area contributed by atoms with Crippen LogP contribution in [0, 0.1) is 11.6 Å². The van der Waals surface area contributed by atoms with Gasteiger partial charge in [0, 0.05) is 13.0 Å². The van der Waals surface area contributed by atoms with Crippen LogP contribution in [0.4, 0.5) is 13.9 Å². The van der Waals surface area contributed by atoms with Crippen molar-refractivity contribution >= 4 is 34.2 Å². The molecule has 1 aromatic heterocycles. The van der Waals surface area contributed by atoms with Crippen LogP contribution in [0.2, 0.25) is 0 Å². The van der Waals surface area contributed by atoms with Gasteiger partial charge in [0.25, 0.3) is 17.7 Å². The smallest absolute Gasteiger partial charge is 0.261 e. The Bertz CT molecular complexity index is 1110. The van der Waals surface area contributed by atoms with E-state index in [2.05, 4.69) is 15.5 Å². The molecule has 0 unspecified atom stereocenters. The first-order valence-corrected chi connectivity index (χ1v) is 9.29. The Morgan fingerprint density at radius 1 is 1.03 bits per heavy atom. The zero-order valence-electron chi connectivity index (χ0n) is 14.7. The molecule has 0 bridgehead atoms. The summed E-state index contributed by atoms with van der Waals surface area (Å²) in [6, 6.07) is 9.13. The molecule has 2 heterocycles. The van der Waals surface area contributed by atoms with E-state index < -0.39 is 23.1 Å². The van der Waals surface area contributed by atoms with Gasteiger partial charge in [-0.2, -0.15) is 0 Å². The number of carbonyl (C=O) groups excluding carboxylic acids is 3. The van der Waals surface area contributed by atoms with E-state index >= 15 is 0 Å². The standard InChI is InChI=1S/C19H12F2N4O3S/c20-10-5-6-14(21)13(9-10)16(26)22-19-24-23-15(29-19)7-8-25-17(27)11-3-1-2-4-12(11)18(25)28/h1-6,9H,7-8H2,(H,22,24,26). The lowest BCUT2D eigenvalue weighted by Gasteiger charge is -2.12. The first kappa shape index (κ1) is 18.8. The van der Waals surface area contributed by atoms with Gasteiger partial charge >= 0.3 is 0 Å². The van der Waals surface area contributed by atoms with Crippen molar-refractivity contribution in [3.8, 4) is 0 Å². The van der Waals surface area contributed by atoms with E-state index in [1.54, 1.807) is 24.3 Å². The van der Waals surface area contributed by atoms with Crippen molar-refractivity contribution in [1.29, 1.82) is 0 Å². The average Bonchev–Trinajstić information content (AvgIpc) is 3.25. The quantitative estimate of drug-likeness (QED) is 0.648. The van der Waals surface area contributed by atoms with Crippen LogP contribution < -0.4 is 5.32 Å². The summed E-state index contributed by atoms with van der Waals surface area (Å²) in [5.74, 6) is -3.20. The van der Waals surface area contributed by atoms with Crippen LogP contribution in [-0.4, -0.2) is 39.4 Å². The maximum absolute atomic E-state index is 13.7. The first-order valence-electron chi connectivity index (χ1n) is 8.48. The second kappa shape index (κ2) is 7.47. The van der Waals surface area contributed by atoms with E-state index in [1.165, 1.54) is 0 Å². The molecule has 1 aliphatic rings. The van der Waals surface area contributed by atoms with Crippen LogP contribution in [0.15, 0.2) is 42.5 Å². The van der Waals surface area contributed by atoms with Crippen molar-refractivity contribution in [1.82, 2.24) is 15.1 Å². The molecule has 146 valence electrons. The molecular formula is C19H12F2N4O3S. The third-order valence-electron chi connectivity index (χ3n) is 4.29. The van der Waals surface area contributed by atoms with E-state index in [4.69, 9.17) is 0 Å². The molecule has 0 atom stereocenters. The SMILES string of the molecule is O=C(Nc1nnc(CCN2C(=O)c3ccccc3C2=O)s1)c1cc(F)ccc1F. The normalized spacial score (nSPS) is 13.0. The molecule has 0 saturated carbocycles. The van der Waals surface area contributed by atoms with Crippen LogP contribution in [-0.2, 0) is 6.42 Å². The minimum Gasteiger partial charge on any atom is -0.296 e. The highest BCUT2D eigenvalue weighted by Gasteiger charge is 2.34. The van der Waals surface area contributed by atoms with Gasteiger partial charge in [-0.15, -0.1) is 10.2 Å². The van der Waals surface area contributed by atoms with Gasteiger partial charge in [0.1, 0.15) is 16.6 Å². The zero-order chi connectivity index (χ0) is 20.5. The number of rotatable bonds is 5. The molecule has 0 radical (unpaired) electrons. The number of imide groups is 1. The highest BCUT2D eigenvalue weighted by Crippen LogP contribution is 2.24. The van der Waals surface area contributed by atoms with Gasteiger partial charge in [0.05, 0.1) is 16.7 Å². The van der Waals surface area contributed by atoms with Crippen molar-refractivity contribution < 1.29 is 23.2 Å². The Morgan fingerprint density at radius 3 is 2.41 bits per heavy atom. The molecule has 2 aromatic carbocycles. The van der Waals surface area contributed by atoms with Crippen LogP contribution >= 0.6 is 11.3 Å². The monoisotopic (exact) mass is 414 g/mol. The molecule has 10 heteroatoms. The molecule has 0 saturated heterocycles. The van der Waals surface area contributed by atoms with E-state index in [1.807, 2.05) is 0 Å². The number of halogens is 2. The molecular weight excluding hydrogens is 402 g/mol. The lowest BCUT2D eigenvalue weighted by Crippen LogP contribution is -2.31. The van der Waals surface area contributed by atoms with Crippen LogP contribution in [0.25, 0.3) is 0 Å². The summed E-state index contributed by atoms with van der Waals surface area (Å²) in [6.45, 7) is 0.105. The predicted octanol–water partition coefficient (Wildman–Crippen LogP) is 2.91. The highest BCUT2D eigenvalue weighted by molar-refractivity contribution is 7.15. The summed E-state index contributed by atoms with van der Waals surface area (Å²) in [5, 5.41) is 10.6. The number of nitrogens with zero attached hydrogens (tertiary/aromatic N) is 3. The number of nitrogens with one attached hydrogen (secondary N) is 1. The summed E-state index contributed by atoms with van der Waals surface area (Å²) >= 11 is 1.02. The molecule has 0 spiro atoms. The number of carbonyl (C=O) groups is 3. The predicted molar refractivity (Wildman–Crippen MR) is 99.7 cm³/mol. The number of amides is 3. The number of fused-ring (bicyclic) bond motifs is 1. The Hall–Kier alpha value is -3.53. The lowest BCUT2D eigenvalue weighted by molar-refractivity contribution is 0.0655. The van der Waals surface area contributed by atoms with Gasteiger partial charge in [0.15, 0.2) is 0 Å². The van der Waals surface area contributed by atoms with E-state index in [0.717, 1.165) is 34.4 Å². The van der Waals surface area contributed by atoms with Crippen molar-refractivity contribution in [3.63, 3.8) is 0 Å². The molecule has 4 rings (SSSR count). The fraction of sp³-hybridized carbons (Fsp3) is 0.105. The number of benzene rings is 2. The van der Waals surface area contributed by atoms with Crippen LogP contribution in [0.1, 0.15) is 36.1 Å². The maximum atomic E-state index is 13.7. The molecule has 0 aliphatic carbocycles. The molecule has 1 aliphatic heterocycles. The van der Waals surface area contributed by atoms with Gasteiger partial charge in [-0.1, -0.05) is 23.5 Å². The summed E-state index contributed by atoms with van der Waals surface area (Å²) < 4.78 is 26.9. The molecule has 7 nitrogen and oxygen atoms in total. The summed E-state index contributed by atoms with van der Waals surface area (Å²) in [4.78, 5) is 37.9. The fourth-order valence-corrected chi connectivity index (χ4v) is 3.61. The highest BCUT2D eigenvalue weighted by atomic mass is 32.1. The van der Waals surface area contributed by atoms with E-state index in [0.29, 0.717) is 16.1 Å². The van der Waals surface area contributed by atoms with E-state index in [-0.39, 0.29) is 29.9 Å². The Balaban J connectivity index is 1.40. The zero-order valence-corrected chi connectivity index (χ0v) is 15.5. The van der Waals surface area contributed by atoms with Crippen molar-refractivity contribution in [3.05, 3.63) is 75.8 Å². The third kappa shape index (κ3) is 3.61. The van der Waals surface area contributed by atoms with E-state index in [9.17, 15) is 23.2 Å². The Morgan fingerprint density at radius 2 is 1.72 bits per heavy atom. The Kier molecular flexibility index (Phi) is 4.85. The first-order chi connectivity index (χ1) is 13.9. The largest absolute Gasteiger partial charge is 0.296 e. The molecule has 29 heavy (non-hydrogen) atoms. The third-order valence-corrected chi connectivity index (χ3v) is 5.19. The van der Waals surface area contributed by atoms with Crippen molar-refractivity contribution in [2.75, 3.05) is 11.9 Å². The number of hydrogen-bond donors (Lipinski definition) is 1. The number of aromatic nitrogens is 2. The van der Waals surface area contributed by atoms with Gasteiger partial charge < -0.3 is 0 Å². The summed E-state index contributed by atoms with van der Waals surface area (Å²) in [6.07, 6.45) is 0.243. The molecule has 3 amide bonds. The lowest BCUT2D eigenvalue weighted by atomic mass is 10.1. The maximum Gasteiger partial charge on any atom is 0.261 e. The number of hydrogen-bond acceptors (Lipinski definition) is 6. The van der Waals surface area contributed by atoms with Crippen LogP contribution in [0.3, 0.4) is 0 Å². The molecule has 1 N–H and O–H groups in total. The molecule has 0 fully saturated rings. The fourth-order valence-electron chi connectivity index (χ4n) is 2.89. The molecule has 3 aromatic rings. The van der Waals surface area contributed by atoms with Gasteiger partial charge in [-0.3, -0.25) is 24.6 Å². The van der Waals surface area contributed by atoms with Gasteiger partial charge in [-0.25, -0.2) is 8.78 Å². The minimum absolute atomic E-state index is 0.0935. The summed E-state index contributed by atoms with van der Waals surface area (Å²) in [7, 11) is 0. The average molecular weight is 414 g/mol. The second-order valence-electron chi connectivity index (χ2n) is 6.14. The minimum atomic E-state index is -0.862.